The Labute approximate surface area is 257 Å². The number of methoxy groups -OCH3 is 2. The second-order valence-electron chi connectivity index (χ2n) is 9.41. The zero-order valence-corrected chi connectivity index (χ0v) is 24.8. The number of carbonyl (C=O) groups is 2. The molecule has 2 amide bonds. The van der Waals surface area contributed by atoms with Gasteiger partial charge in [0.1, 0.15) is 18.0 Å². The molecule has 0 fully saturated rings. The molecule has 0 aliphatic heterocycles. The average molecular weight is 625 g/mol. The van der Waals surface area contributed by atoms with Crippen molar-refractivity contribution in [1.82, 2.24) is 10.6 Å². The zero-order chi connectivity index (χ0) is 31.5. The molecule has 4 aromatic rings. The third-order valence-corrected chi connectivity index (χ3v) is 7.18. The first-order valence-corrected chi connectivity index (χ1v) is 14.3. The summed E-state index contributed by atoms with van der Waals surface area (Å²) in [6.45, 7) is -0.499. The molecule has 0 atom stereocenters. The van der Waals surface area contributed by atoms with Gasteiger partial charge >= 0.3 is 6.18 Å². The van der Waals surface area contributed by atoms with E-state index in [2.05, 4.69) is 15.4 Å². The number of amides is 2. The van der Waals surface area contributed by atoms with Crippen molar-refractivity contribution in [2.75, 3.05) is 43.9 Å². The van der Waals surface area contributed by atoms with Crippen molar-refractivity contribution < 1.29 is 32.2 Å². The van der Waals surface area contributed by atoms with Crippen LogP contribution in [-0.4, -0.2) is 51.8 Å². The van der Waals surface area contributed by atoms with Gasteiger partial charge in [0.15, 0.2) is 0 Å². The standard InChI is InChI=1S/C32H31F3N4O4S/c1-42-27-12-4-3-11-26(27)31(41)37-16-15-36-24-9-6-10-25(19-24)39-44-29-18-22(13-14-28(29)43-2)21-7-5-8-23(17-21)30(40)38-20-32(33,34)35/h3-14,17-19,36,39H,15-16,20H2,1-2H3,(H,37,41)(H,38,40). The smallest absolute Gasteiger partial charge is 0.405 e. The first-order valence-electron chi connectivity index (χ1n) is 13.5. The molecular weight excluding hydrogens is 593 g/mol. The lowest BCUT2D eigenvalue weighted by Gasteiger charge is -2.14. The molecule has 0 aromatic heterocycles. The van der Waals surface area contributed by atoms with Crippen LogP contribution in [0.1, 0.15) is 20.7 Å². The lowest BCUT2D eigenvalue weighted by atomic mass is 10.0. The predicted molar refractivity (Wildman–Crippen MR) is 167 cm³/mol. The minimum Gasteiger partial charge on any atom is -0.496 e. The van der Waals surface area contributed by atoms with Gasteiger partial charge < -0.3 is 30.1 Å². The maximum atomic E-state index is 12.5. The average Bonchev–Trinajstić information content (AvgIpc) is 3.04. The van der Waals surface area contributed by atoms with Gasteiger partial charge in [-0.1, -0.05) is 36.4 Å². The third-order valence-electron chi connectivity index (χ3n) is 6.30. The molecule has 0 saturated carbocycles. The van der Waals surface area contributed by atoms with Gasteiger partial charge in [0, 0.05) is 30.0 Å². The Morgan fingerprint density at radius 3 is 2.23 bits per heavy atom. The maximum Gasteiger partial charge on any atom is 0.405 e. The summed E-state index contributed by atoms with van der Waals surface area (Å²) in [5.41, 5.74) is 3.68. The van der Waals surface area contributed by atoms with Crippen LogP contribution in [-0.2, 0) is 0 Å². The molecule has 0 bridgehead atoms. The molecule has 4 rings (SSSR count). The topological polar surface area (TPSA) is 101 Å². The summed E-state index contributed by atoms with van der Waals surface area (Å²) in [5.74, 6) is 0.104. The Bertz CT molecular complexity index is 1600. The molecule has 4 aromatic carbocycles. The van der Waals surface area contributed by atoms with E-state index in [1.165, 1.54) is 25.1 Å². The van der Waals surface area contributed by atoms with E-state index in [-0.39, 0.29) is 11.5 Å². The molecule has 0 unspecified atom stereocenters. The monoisotopic (exact) mass is 624 g/mol. The number of para-hydroxylation sites is 1. The van der Waals surface area contributed by atoms with Crippen LogP contribution in [0, 0.1) is 0 Å². The number of hydrogen-bond acceptors (Lipinski definition) is 7. The molecule has 0 saturated heterocycles. The van der Waals surface area contributed by atoms with Gasteiger partial charge in [-0.15, -0.1) is 0 Å². The molecule has 0 aliphatic rings. The van der Waals surface area contributed by atoms with Gasteiger partial charge in [0.25, 0.3) is 11.8 Å². The fourth-order valence-electron chi connectivity index (χ4n) is 4.18. The molecule has 0 radical (unpaired) electrons. The van der Waals surface area contributed by atoms with Crippen LogP contribution in [0.15, 0.2) is 95.9 Å². The van der Waals surface area contributed by atoms with E-state index in [9.17, 15) is 22.8 Å². The van der Waals surface area contributed by atoms with E-state index in [1.54, 1.807) is 55.6 Å². The number of rotatable bonds is 13. The van der Waals surface area contributed by atoms with E-state index in [0.717, 1.165) is 21.8 Å². The first-order chi connectivity index (χ1) is 21.2. The third kappa shape index (κ3) is 9.08. The van der Waals surface area contributed by atoms with Crippen LogP contribution in [0.2, 0.25) is 0 Å². The minimum absolute atomic E-state index is 0.124. The number of carbonyl (C=O) groups excluding carboxylic acids is 2. The van der Waals surface area contributed by atoms with Crippen LogP contribution in [0.5, 0.6) is 11.5 Å². The van der Waals surface area contributed by atoms with E-state index in [4.69, 9.17) is 9.47 Å². The molecule has 0 spiro atoms. The van der Waals surface area contributed by atoms with E-state index < -0.39 is 18.6 Å². The van der Waals surface area contributed by atoms with Crippen molar-refractivity contribution in [1.29, 1.82) is 0 Å². The van der Waals surface area contributed by atoms with Crippen LogP contribution < -0.4 is 30.1 Å². The quantitative estimate of drug-likeness (QED) is 0.0980. The van der Waals surface area contributed by atoms with Gasteiger partial charge in [-0.3, -0.25) is 9.59 Å². The zero-order valence-electron chi connectivity index (χ0n) is 24.0. The van der Waals surface area contributed by atoms with Crippen LogP contribution >= 0.6 is 11.9 Å². The molecule has 12 heteroatoms. The largest absolute Gasteiger partial charge is 0.496 e. The lowest BCUT2D eigenvalue weighted by molar-refractivity contribution is -0.123. The highest BCUT2D eigenvalue weighted by Crippen LogP contribution is 2.35. The highest BCUT2D eigenvalue weighted by atomic mass is 32.2. The van der Waals surface area contributed by atoms with E-state index in [0.29, 0.717) is 35.7 Å². The van der Waals surface area contributed by atoms with Gasteiger partial charge in [0.05, 0.1) is 24.7 Å². The number of halogens is 3. The highest BCUT2D eigenvalue weighted by molar-refractivity contribution is 8.00. The van der Waals surface area contributed by atoms with Crippen molar-refractivity contribution >= 4 is 35.1 Å². The summed E-state index contributed by atoms with van der Waals surface area (Å²) in [6.07, 6.45) is -4.49. The van der Waals surface area contributed by atoms with Crippen molar-refractivity contribution in [2.45, 2.75) is 11.1 Å². The fraction of sp³-hybridized carbons (Fsp3) is 0.188. The molecule has 44 heavy (non-hydrogen) atoms. The fourth-order valence-corrected chi connectivity index (χ4v) is 4.97. The normalized spacial score (nSPS) is 10.9. The molecule has 8 nitrogen and oxygen atoms in total. The molecule has 4 N–H and O–H groups in total. The van der Waals surface area contributed by atoms with E-state index in [1.807, 2.05) is 41.7 Å². The van der Waals surface area contributed by atoms with Crippen LogP contribution in [0.4, 0.5) is 24.5 Å². The molecule has 0 heterocycles. The Balaban J connectivity index is 1.36. The van der Waals surface area contributed by atoms with Crippen molar-refractivity contribution in [3.05, 3.63) is 102 Å². The first kappa shape index (κ1) is 32.1. The van der Waals surface area contributed by atoms with Crippen LogP contribution in [0.3, 0.4) is 0 Å². The van der Waals surface area contributed by atoms with Gasteiger partial charge in [0.2, 0.25) is 0 Å². The SMILES string of the molecule is COc1ccc(-c2cccc(C(=O)NCC(F)(F)F)c2)cc1SNc1cccc(NCCNC(=O)c2ccccc2OC)c1. The summed E-state index contributed by atoms with van der Waals surface area (Å²) in [5, 5.41) is 8.06. The summed E-state index contributed by atoms with van der Waals surface area (Å²) >= 11 is 1.32. The van der Waals surface area contributed by atoms with Crippen LogP contribution in [0.25, 0.3) is 11.1 Å². The number of nitrogens with one attached hydrogen (secondary N) is 4. The number of alkyl halides is 3. The second-order valence-corrected chi connectivity index (χ2v) is 10.3. The van der Waals surface area contributed by atoms with Crippen molar-refractivity contribution in [2.24, 2.45) is 0 Å². The lowest BCUT2D eigenvalue weighted by Crippen LogP contribution is -2.33. The van der Waals surface area contributed by atoms with Crippen molar-refractivity contribution in [3.63, 3.8) is 0 Å². The summed E-state index contributed by atoms with van der Waals surface area (Å²) in [7, 11) is 3.08. The predicted octanol–water partition coefficient (Wildman–Crippen LogP) is 6.62. The molecule has 230 valence electrons. The molecular formula is C32H31F3N4O4S. The maximum absolute atomic E-state index is 12.5. The Hall–Kier alpha value is -4.84. The summed E-state index contributed by atoms with van der Waals surface area (Å²) in [6, 6.07) is 26.5. The van der Waals surface area contributed by atoms with Gasteiger partial charge in [-0.05, 0) is 77.7 Å². The number of hydrogen-bond donors (Lipinski definition) is 4. The molecule has 0 aliphatic carbocycles. The van der Waals surface area contributed by atoms with Crippen molar-refractivity contribution in [3.8, 4) is 22.6 Å². The number of anilines is 2. The van der Waals surface area contributed by atoms with E-state index >= 15 is 0 Å². The highest BCUT2D eigenvalue weighted by Gasteiger charge is 2.28. The summed E-state index contributed by atoms with van der Waals surface area (Å²) in [4.78, 5) is 25.5. The van der Waals surface area contributed by atoms with Gasteiger partial charge in [-0.2, -0.15) is 13.2 Å². The Morgan fingerprint density at radius 1 is 0.727 bits per heavy atom. The number of benzene rings is 4. The van der Waals surface area contributed by atoms with Gasteiger partial charge in [-0.25, -0.2) is 0 Å². The Morgan fingerprint density at radius 2 is 1.45 bits per heavy atom. The summed E-state index contributed by atoms with van der Waals surface area (Å²) < 4.78 is 51.6. The Kier molecular flexibility index (Phi) is 11.0. The number of ether oxygens (including phenoxy) is 2. The second kappa shape index (κ2) is 15.1. The minimum atomic E-state index is -4.49.